The molecule has 4 nitrogen and oxygen atoms in total. The summed E-state index contributed by atoms with van der Waals surface area (Å²) in [6.07, 6.45) is 0. The van der Waals surface area contributed by atoms with Gasteiger partial charge in [0.05, 0.1) is 0 Å². The van der Waals surface area contributed by atoms with Gasteiger partial charge in [0.2, 0.25) is 0 Å². The van der Waals surface area contributed by atoms with Crippen molar-refractivity contribution in [2.45, 2.75) is 6.92 Å². The van der Waals surface area contributed by atoms with E-state index in [0.29, 0.717) is 0 Å². The van der Waals surface area contributed by atoms with E-state index in [1.165, 1.54) is 11.8 Å². The van der Waals surface area contributed by atoms with Gasteiger partial charge in [-0.1, -0.05) is 6.92 Å². The van der Waals surface area contributed by atoms with Gasteiger partial charge < -0.3 is 10.2 Å². The molecule has 2 N–H and O–H groups in total. The lowest BCUT2D eigenvalue weighted by molar-refractivity contribution is -0.153. The monoisotopic (exact) mass is 298 g/mol. The second-order valence-electron chi connectivity index (χ2n) is 3.11. The second kappa shape index (κ2) is 11.1. The van der Waals surface area contributed by atoms with E-state index in [1.54, 1.807) is 0 Å². The predicted octanol–water partition coefficient (Wildman–Crippen LogP) is 1.99. The van der Waals surface area contributed by atoms with Gasteiger partial charge in [0.25, 0.3) is 0 Å². The second-order valence-corrected chi connectivity index (χ2v) is 6.88. The third kappa shape index (κ3) is 9.67. The van der Waals surface area contributed by atoms with E-state index in [0.717, 1.165) is 28.8 Å². The summed E-state index contributed by atoms with van der Waals surface area (Å²) >= 11 is 5.12. The minimum Gasteiger partial charge on any atom is -0.481 e. The highest BCUT2D eigenvalue weighted by Gasteiger charge is 2.25. The van der Waals surface area contributed by atoms with Gasteiger partial charge in [-0.15, -0.1) is 0 Å². The Morgan fingerprint density at radius 1 is 0.941 bits per heavy atom. The van der Waals surface area contributed by atoms with E-state index in [1.807, 2.05) is 23.5 Å². The van der Waals surface area contributed by atoms with Crippen molar-refractivity contribution in [3.8, 4) is 0 Å². The fraction of sp³-hybridized carbons (Fsp3) is 0.800. The number of rotatable bonds is 11. The lowest BCUT2D eigenvalue weighted by Gasteiger charge is -2.06. The molecule has 0 heterocycles. The van der Waals surface area contributed by atoms with Crippen molar-refractivity contribution in [2.24, 2.45) is 5.92 Å². The molecule has 0 fully saturated rings. The van der Waals surface area contributed by atoms with Crippen molar-refractivity contribution in [2.75, 3.05) is 34.5 Å². The SMILES string of the molecule is CCSCCSCCSCC(C(=O)O)C(=O)O. The van der Waals surface area contributed by atoms with Crippen molar-refractivity contribution in [3.05, 3.63) is 0 Å². The highest BCUT2D eigenvalue weighted by Crippen LogP contribution is 2.13. The van der Waals surface area contributed by atoms with Crippen molar-refractivity contribution >= 4 is 47.2 Å². The van der Waals surface area contributed by atoms with Gasteiger partial charge in [-0.3, -0.25) is 9.59 Å². The van der Waals surface area contributed by atoms with Crippen LogP contribution in [0, 0.1) is 5.92 Å². The van der Waals surface area contributed by atoms with E-state index in [9.17, 15) is 9.59 Å². The molecular formula is C10H18O4S3. The Kier molecular flexibility index (Phi) is 11.1. The van der Waals surface area contributed by atoms with Crippen LogP contribution in [0.5, 0.6) is 0 Å². The Hall–Kier alpha value is -0.0100. The molecule has 0 bridgehead atoms. The topological polar surface area (TPSA) is 74.6 Å². The van der Waals surface area contributed by atoms with Crippen molar-refractivity contribution in [1.29, 1.82) is 0 Å². The quantitative estimate of drug-likeness (QED) is 0.446. The fourth-order valence-corrected chi connectivity index (χ4v) is 4.00. The Morgan fingerprint density at radius 2 is 1.41 bits per heavy atom. The molecule has 0 amide bonds. The molecule has 0 saturated heterocycles. The Morgan fingerprint density at radius 3 is 1.88 bits per heavy atom. The standard InChI is InChI=1S/C10H18O4S3/c1-2-15-3-4-16-5-6-17-7-8(9(11)12)10(13)14/h8H,2-7H2,1H3,(H,11,12)(H,13,14). The van der Waals surface area contributed by atoms with Crippen LogP contribution in [0.4, 0.5) is 0 Å². The molecule has 0 aliphatic heterocycles. The van der Waals surface area contributed by atoms with Gasteiger partial charge in [0.15, 0.2) is 5.92 Å². The van der Waals surface area contributed by atoms with Crippen LogP contribution >= 0.6 is 35.3 Å². The number of hydrogen-bond acceptors (Lipinski definition) is 5. The van der Waals surface area contributed by atoms with Gasteiger partial charge >= 0.3 is 11.9 Å². The molecule has 0 aromatic heterocycles. The summed E-state index contributed by atoms with van der Waals surface area (Å²) in [6, 6.07) is 0. The maximum absolute atomic E-state index is 10.6. The summed E-state index contributed by atoms with van der Waals surface area (Å²) < 4.78 is 0. The maximum Gasteiger partial charge on any atom is 0.318 e. The highest BCUT2D eigenvalue weighted by molar-refractivity contribution is 8.04. The number of hydrogen-bond donors (Lipinski definition) is 2. The van der Waals surface area contributed by atoms with Crippen LogP contribution in [0.15, 0.2) is 0 Å². The smallest absolute Gasteiger partial charge is 0.318 e. The first kappa shape index (κ1) is 17.0. The van der Waals surface area contributed by atoms with Gasteiger partial charge in [0, 0.05) is 28.8 Å². The molecular weight excluding hydrogens is 280 g/mol. The number of aliphatic carboxylic acids is 2. The molecule has 0 radical (unpaired) electrons. The van der Waals surface area contributed by atoms with E-state index in [-0.39, 0.29) is 5.75 Å². The summed E-state index contributed by atoms with van der Waals surface area (Å²) in [7, 11) is 0. The van der Waals surface area contributed by atoms with Crippen LogP contribution in [0.2, 0.25) is 0 Å². The molecule has 0 aromatic carbocycles. The van der Waals surface area contributed by atoms with Crippen molar-refractivity contribution in [1.82, 2.24) is 0 Å². The van der Waals surface area contributed by atoms with E-state index < -0.39 is 17.9 Å². The van der Waals surface area contributed by atoms with Crippen LogP contribution in [0.3, 0.4) is 0 Å². The summed E-state index contributed by atoms with van der Waals surface area (Å²) in [5.41, 5.74) is 0. The van der Waals surface area contributed by atoms with E-state index in [2.05, 4.69) is 6.92 Å². The van der Waals surface area contributed by atoms with Gasteiger partial charge in [-0.25, -0.2) is 0 Å². The molecule has 17 heavy (non-hydrogen) atoms. The molecule has 0 rings (SSSR count). The normalized spacial score (nSPS) is 10.7. The van der Waals surface area contributed by atoms with Gasteiger partial charge in [-0.2, -0.15) is 35.3 Å². The molecule has 0 aliphatic carbocycles. The molecule has 0 spiro atoms. The molecule has 7 heteroatoms. The largest absolute Gasteiger partial charge is 0.481 e. The third-order valence-corrected chi connectivity index (χ3v) is 5.29. The Balaban J connectivity index is 3.43. The molecule has 0 atom stereocenters. The number of thioether (sulfide) groups is 3. The first-order chi connectivity index (χ1) is 8.09. The van der Waals surface area contributed by atoms with Crippen LogP contribution < -0.4 is 0 Å². The van der Waals surface area contributed by atoms with Crippen LogP contribution in [-0.4, -0.2) is 56.7 Å². The van der Waals surface area contributed by atoms with Crippen LogP contribution in [0.25, 0.3) is 0 Å². The molecule has 0 unspecified atom stereocenters. The van der Waals surface area contributed by atoms with Crippen molar-refractivity contribution in [3.63, 3.8) is 0 Å². The number of carbonyl (C=O) groups is 2. The first-order valence-corrected chi connectivity index (χ1v) is 8.74. The van der Waals surface area contributed by atoms with Crippen LogP contribution in [-0.2, 0) is 9.59 Å². The Labute approximate surface area is 114 Å². The average molecular weight is 298 g/mol. The number of carboxylic acids is 2. The average Bonchev–Trinajstić information content (AvgIpc) is 2.26. The van der Waals surface area contributed by atoms with E-state index in [4.69, 9.17) is 10.2 Å². The molecule has 0 aliphatic rings. The predicted molar refractivity (Wildman–Crippen MR) is 76.4 cm³/mol. The first-order valence-electron chi connectivity index (χ1n) is 5.28. The summed E-state index contributed by atoms with van der Waals surface area (Å²) in [6.45, 7) is 2.13. The summed E-state index contributed by atoms with van der Waals surface area (Å²) in [5.74, 6) is 1.48. The summed E-state index contributed by atoms with van der Waals surface area (Å²) in [5, 5.41) is 17.3. The third-order valence-electron chi connectivity index (χ3n) is 1.83. The zero-order chi connectivity index (χ0) is 13.1. The zero-order valence-electron chi connectivity index (χ0n) is 9.76. The fourth-order valence-electron chi connectivity index (χ4n) is 0.931. The molecule has 100 valence electrons. The number of carboxylic acid groups (broad SMARTS) is 2. The summed E-state index contributed by atoms with van der Waals surface area (Å²) in [4.78, 5) is 21.2. The van der Waals surface area contributed by atoms with Gasteiger partial charge in [0.1, 0.15) is 0 Å². The minimum atomic E-state index is -1.28. The minimum absolute atomic E-state index is 0.148. The lowest BCUT2D eigenvalue weighted by atomic mass is 10.2. The highest BCUT2D eigenvalue weighted by atomic mass is 32.2. The Bertz CT molecular complexity index is 222. The molecule has 0 aromatic rings. The van der Waals surface area contributed by atoms with Crippen molar-refractivity contribution < 1.29 is 19.8 Å². The van der Waals surface area contributed by atoms with Crippen LogP contribution in [0.1, 0.15) is 6.92 Å². The zero-order valence-corrected chi connectivity index (χ0v) is 12.2. The maximum atomic E-state index is 10.6. The van der Waals surface area contributed by atoms with Gasteiger partial charge in [-0.05, 0) is 5.75 Å². The van der Waals surface area contributed by atoms with E-state index >= 15 is 0 Å². The molecule has 0 saturated carbocycles. The lowest BCUT2D eigenvalue weighted by Crippen LogP contribution is -2.25.